The van der Waals surface area contributed by atoms with E-state index in [0.717, 1.165) is 31.7 Å². The molecule has 1 aromatic rings. The summed E-state index contributed by atoms with van der Waals surface area (Å²) < 4.78 is 5.46. The smallest absolute Gasteiger partial charge is 0.194 e. The Bertz CT molecular complexity index is 316. The fourth-order valence-corrected chi connectivity index (χ4v) is 1.96. The Morgan fingerprint density at radius 1 is 1.67 bits per heavy atom. The molecule has 1 saturated heterocycles. The Morgan fingerprint density at radius 2 is 2.60 bits per heavy atom. The molecule has 1 unspecified atom stereocenters. The standard InChI is InChI=1S/C11H16N2O2/c14-5-3-10-8-13-11(15-10)6-9-2-1-4-12-7-9/h5,8-9,12H,1-4,6-7H2. The number of nitrogens with zero attached hydrogens (tertiary/aromatic N) is 1. The van der Waals surface area contributed by atoms with E-state index in [9.17, 15) is 4.79 Å². The first-order chi connectivity index (χ1) is 7.38. The molecule has 1 N–H and O–H groups in total. The molecule has 4 nitrogen and oxygen atoms in total. The van der Waals surface area contributed by atoms with E-state index in [1.54, 1.807) is 6.20 Å². The fourth-order valence-electron chi connectivity index (χ4n) is 1.96. The van der Waals surface area contributed by atoms with Crippen LogP contribution in [0, 0.1) is 5.92 Å². The highest BCUT2D eigenvalue weighted by molar-refractivity contribution is 5.52. The number of aromatic nitrogens is 1. The first kappa shape index (κ1) is 10.4. The normalized spacial score (nSPS) is 21.5. The Morgan fingerprint density at radius 3 is 3.33 bits per heavy atom. The molecule has 0 amide bonds. The Hall–Kier alpha value is -1.16. The molecular formula is C11H16N2O2. The van der Waals surface area contributed by atoms with Crippen LogP contribution in [-0.2, 0) is 17.6 Å². The summed E-state index contributed by atoms with van der Waals surface area (Å²) >= 11 is 0. The summed E-state index contributed by atoms with van der Waals surface area (Å²) in [6.07, 6.45) is 6.17. The Labute approximate surface area is 89.1 Å². The predicted molar refractivity (Wildman–Crippen MR) is 55.6 cm³/mol. The van der Waals surface area contributed by atoms with Gasteiger partial charge in [-0.05, 0) is 31.8 Å². The van der Waals surface area contributed by atoms with Gasteiger partial charge in [0.15, 0.2) is 5.89 Å². The number of carbonyl (C=O) groups is 1. The van der Waals surface area contributed by atoms with Crippen molar-refractivity contribution in [3.05, 3.63) is 17.8 Å². The molecule has 2 rings (SSSR count). The number of oxazole rings is 1. The quantitative estimate of drug-likeness (QED) is 0.749. The van der Waals surface area contributed by atoms with Crippen molar-refractivity contribution >= 4 is 6.29 Å². The highest BCUT2D eigenvalue weighted by Gasteiger charge is 2.16. The molecule has 15 heavy (non-hydrogen) atoms. The zero-order valence-electron chi connectivity index (χ0n) is 8.74. The monoisotopic (exact) mass is 208 g/mol. The van der Waals surface area contributed by atoms with E-state index in [1.807, 2.05) is 0 Å². The lowest BCUT2D eigenvalue weighted by atomic mass is 9.96. The number of piperidine rings is 1. The van der Waals surface area contributed by atoms with Gasteiger partial charge in [0.25, 0.3) is 0 Å². The van der Waals surface area contributed by atoms with Crippen molar-refractivity contribution in [2.75, 3.05) is 13.1 Å². The van der Waals surface area contributed by atoms with Gasteiger partial charge in [0.2, 0.25) is 0 Å². The van der Waals surface area contributed by atoms with Crippen LogP contribution in [0.5, 0.6) is 0 Å². The second-order valence-corrected chi connectivity index (χ2v) is 4.01. The summed E-state index contributed by atoms with van der Waals surface area (Å²) in [6, 6.07) is 0. The van der Waals surface area contributed by atoms with Gasteiger partial charge < -0.3 is 14.5 Å². The van der Waals surface area contributed by atoms with Gasteiger partial charge in [0.1, 0.15) is 12.0 Å². The van der Waals surface area contributed by atoms with Gasteiger partial charge in [-0.2, -0.15) is 0 Å². The molecule has 0 radical (unpaired) electrons. The Balaban J connectivity index is 1.88. The van der Waals surface area contributed by atoms with E-state index in [2.05, 4.69) is 10.3 Å². The van der Waals surface area contributed by atoms with E-state index >= 15 is 0 Å². The van der Waals surface area contributed by atoms with Gasteiger partial charge >= 0.3 is 0 Å². The summed E-state index contributed by atoms with van der Waals surface area (Å²) in [6.45, 7) is 2.17. The van der Waals surface area contributed by atoms with Gasteiger partial charge in [-0.3, -0.25) is 0 Å². The molecule has 0 saturated carbocycles. The molecule has 1 aliphatic rings. The van der Waals surface area contributed by atoms with E-state index in [-0.39, 0.29) is 0 Å². The molecule has 0 aromatic carbocycles. The minimum atomic E-state index is 0.329. The van der Waals surface area contributed by atoms with Gasteiger partial charge in [-0.15, -0.1) is 0 Å². The maximum absolute atomic E-state index is 10.3. The number of hydrogen-bond acceptors (Lipinski definition) is 4. The summed E-state index contributed by atoms with van der Waals surface area (Å²) in [5.41, 5.74) is 0. The molecule has 0 aliphatic carbocycles. The molecule has 1 aliphatic heterocycles. The van der Waals surface area contributed by atoms with Gasteiger partial charge in [0.05, 0.1) is 12.6 Å². The third-order valence-electron chi connectivity index (χ3n) is 2.75. The maximum atomic E-state index is 10.3. The number of aldehydes is 1. The van der Waals surface area contributed by atoms with Crippen LogP contribution in [0.1, 0.15) is 24.5 Å². The van der Waals surface area contributed by atoms with E-state index in [0.29, 0.717) is 18.1 Å². The summed E-state index contributed by atoms with van der Waals surface area (Å²) in [4.78, 5) is 14.5. The second-order valence-electron chi connectivity index (χ2n) is 4.01. The predicted octanol–water partition coefficient (Wildman–Crippen LogP) is 0.958. The largest absolute Gasteiger partial charge is 0.445 e. The lowest BCUT2D eigenvalue weighted by Gasteiger charge is -2.21. The highest BCUT2D eigenvalue weighted by atomic mass is 16.4. The fraction of sp³-hybridized carbons (Fsp3) is 0.636. The van der Waals surface area contributed by atoms with E-state index in [1.165, 1.54) is 12.8 Å². The van der Waals surface area contributed by atoms with Crippen molar-refractivity contribution in [1.82, 2.24) is 10.3 Å². The van der Waals surface area contributed by atoms with Crippen LogP contribution in [0.4, 0.5) is 0 Å². The lowest BCUT2D eigenvalue weighted by Crippen LogP contribution is -2.30. The number of hydrogen-bond donors (Lipinski definition) is 1. The van der Waals surface area contributed by atoms with E-state index in [4.69, 9.17) is 4.42 Å². The first-order valence-corrected chi connectivity index (χ1v) is 5.46. The first-order valence-electron chi connectivity index (χ1n) is 5.46. The molecule has 2 heterocycles. The second kappa shape index (κ2) is 5.07. The van der Waals surface area contributed by atoms with Crippen molar-refractivity contribution in [2.24, 2.45) is 5.92 Å². The van der Waals surface area contributed by atoms with Crippen molar-refractivity contribution in [3.8, 4) is 0 Å². The van der Waals surface area contributed by atoms with Crippen molar-refractivity contribution in [1.29, 1.82) is 0 Å². The van der Waals surface area contributed by atoms with E-state index < -0.39 is 0 Å². The van der Waals surface area contributed by atoms with Crippen molar-refractivity contribution < 1.29 is 9.21 Å². The number of nitrogens with one attached hydrogen (secondary N) is 1. The molecule has 1 atom stereocenters. The molecule has 1 aromatic heterocycles. The van der Waals surface area contributed by atoms with Crippen LogP contribution in [0.25, 0.3) is 0 Å². The molecule has 0 spiro atoms. The zero-order valence-corrected chi connectivity index (χ0v) is 8.74. The molecule has 82 valence electrons. The highest BCUT2D eigenvalue weighted by Crippen LogP contribution is 2.16. The van der Waals surface area contributed by atoms with Gasteiger partial charge in [-0.1, -0.05) is 0 Å². The number of rotatable bonds is 4. The Kier molecular flexibility index (Phi) is 3.50. The van der Waals surface area contributed by atoms with Crippen LogP contribution in [0.3, 0.4) is 0 Å². The number of carbonyl (C=O) groups excluding carboxylic acids is 1. The topological polar surface area (TPSA) is 55.1 Å². The summed E-state index contributed by atoms with van der Waals surface area (Å²) in [5.74, 6) is 2.06. The maximum Gasteiger partial charge on any atom is 0.194 e. The van der Waals surface area contributed by atoms with Gasteiger partial charge in [0, 0.05) is 6.42 Å². The molecule has 0 bridgehead atoms. The average molecular weight is 208 g/mol. The average Bonchev–Trinajstić information content (AvgIpc) is 2.68. The zero-order chi connectivity index (χ0) is 10.5. The summed E-state index contributed by atoms with van der Waals surface area (Å²) in [7, 11) is 0. The van der Waals surface area contributed by atoms with Crippen molar-refractivity contribution in [2.45, 2.75) is 25.7 Å². The third kappa shape index (κ3) is 2.89. The van der Waals surface area contributed by atoms with Crippen LogP contribution in [-0.4, -0.2) is 24.4 Å². The molecular weight excluding hydrogens is 192 g/mol. The SMILES string of the molecule is O=CCc1cnc(CC2CCCNC2)o1. The van der Waals surface area contributed by atoms with Crippen LogP contribution >= 0.6 is 0 Å². The minimum absolute atomic E-state index is 0.329. The minimum Gasteiger partial charge on any atom is -0.445 e. The summed E-state index contributed by atoms with van der Waals surface area (Å²) in [5, 5.41) is 3.36. The van der Waals surface area contributed by atoms with Crippen molar-refractivity contribution in [3.63, 3.8) is 0 Å². The van der Waals surface area contributed by atoms with Crippen LogP contribution in [0.2, 0.25) is 0 Å². The van der Waals surface area contributed by atoms with Gasteiger partial charge in [-0.25, -0.2) is 4.98 Å². The third-order valence-corrected chi connectivity index (χ3v) is 2.75. The lowest BCUT2D eigenvalue weighted by molar-refractivity contribution is -0.107. The molecule has 1 fully saturated rings. The van der Waals surface area contributed by atoms with Crippen LogP contribution in [0.15, 0.2) is 10.6 Å². The molecule has 4 heteroatoms. The van der Waals surface area contributed by atoms with Crippen LogP contribution < -0.4 is 5.32 Å².